The molecule has 2 N–H and O–H groups in total. The Morgan fingerprint density at radius 3 is 2.24 bits per heavy atom. The molecule has 0 unspecified atom stereocenters. The largest absolute Gasteiger partial charge is 0.429 e. The van der Waals surface area contributed by atoms with Gasteiger partial charge in [0.05, 0.1) is 5.60 Å². The third kappa shape index (κ3) is 5.77. The van der Waals surface area contributed by atoms with Crippen LogP contribution in [0.2, 0.25) is 0 Å². The zero-order valence-electron chi connectivity index (χ0n) is 24.7. The van der Waals surface area contributed by atoms with Gasteiger partial charge in [0.1, 0.15) is 5.78 Å². The molecule has 0 bridgehead atoms. The van der Waals surface area contributed by atoms with E-state index in [1.54, 1.807) is 6.92 Å². The summed E-state index contributed by atoms with van der Waals surface area (Å²) in [7, 11) is 0. The molecule has 2 aliphatic carbocycles. The van der Waals surface area contributed by atoms with E-state index in [-0.39, 0.29) is 36.5 Å². The van der Waals surface area contributed by atoms with Crippen molar-refractivity contribution in [3.63, 3.8) is 0 Å². The van der Waals surface area contributed by atoms with Gasteiger partial charge in [-0.2, -0.15) is 26.3 Å². The fraction of sp³-hybridized carbons (Fsp3) is 0.875. The zero-order valence-corrected chi connectivity index (χ0v) is 18.7. The molecular formula is C24H36F6O3. The summed E-state index contributed by atoms with van der Waals surface area (Å²) in [5, 5.41) is 20.2. The minimum atomic E-state index is -6.05. The van der Waals surface area contributed by atoms with Gasteiger partial charge in [-0.15, -0.1) is 0 Å². The summed E-state index contributed by atoms with van der Waals surface area (Å²) in [6, 6.07) is 0. The summed E-state index contributed by atoms with van der Waals surface area (Å²) in [6.07, 6.45) is -10.8. The SMILES string of the molecule is [2H]C([2H])([2H])C(O)(CCC[C@@](C)(C/C=C\C(O)(C(F)(F)F)C(F)(F)F)[C@H]1CC[C@H]2C(=O)CCC[C@]12C)C([2H])([2H])[2H]. The lowest BCUT2D eigenvalue weighted by Gasteiger charge is -2.48. The summed E-state index contributed by atoms with van der Waals surface area (Å²) in [5.41, 5.74) is -9.90. The molecule has 4 atom stereocenters. The molecule has 0 saturated heterocycles. The Morgan fingerprint density at radius 2 is 1.70 bits per heavy atom. The first-order valence-electron chi connectivity index (χ1n) is 14.1. The minimum Gasteiger partial charge on any atom is -0.390 e. The summed E-state index contributed by atoms with van der Waals surface area (Å²) in [5.74, 6) is -0.697. The van der Waals surface area contributed by atoms with E-state index in [1.807, 2.05) is 6.92 Å². The monoisotopic (exact) mass is 492 g/mol. The van der Waals surface area contributed by atoms with E-state index < -0.39 is 60.9 Å². The van der Waals surface area contributed by atoms with Crippen molar-refractivity contribution < 1.29 is 49.6 Å². The average molecular weight is 493 g/mol. The molecule has 0 heterocycles. The molecule has 2 fully saturated rings. The Bertz CT molecular complexity index is 901. The Morgan fingerprint density at radius 1 is 1.09 bits per heavy atom. The second-order valence-corrected chi connectivity index (χ2v) is 10.2. The first kappa shape index (κ1) is 20.1. The van der Waals surface area contributed by atoms with Crippen LogP contribution < -0.4 is 0 Å². The van der Waals surface area contributed by atoms with Crippen molar-refractivity contribution in [2.24, 2.45) is 22.7 Å². The number of fused-ring (bicyclic) bond motifs is 1. The molecule has 0 aromatic rings. The highest BCUT2D eigenvalue weighted by atomic mass is 19.4. The number of hydrogen-bond acceptors (Lipinski definition) is 3. The number of rotatable bonds is 8. The second kappa shape index (κ2) is 9.17. The highest BCUT2D eigenvalue weighted by Crippen LogP contribution is 2.61. The van der Waals surface area contributed by atoms with Crippen LogP contribution in [0.5, 0.6) is 0 Å². The highest BCUT2D eigenvalue weighted by molar-refractivity contribution is 5.83. The van der Waals surface area contributed by atoms with E-state index >= 15 is 0 Å². The number of carbonyl (C=O) groups excluding carboxylic acids is 1. The number of ketones is 1. The van der Waals surface area contributed by atoms with Gasteiger partial charge < -0.3 is 10.2 Å². The molecular weight excluding hydrogens is 450 g/mol. The smallest absolute Gasteiger partial charge is 0.390 e. The molecule has 2 aliphatic rings. The molecule has 2 saturated carbocycles. The van der Waals surface area contributed by atoms with Crippen LogP contribution in [0.1, 0.15) is 93.6 Å². The third-order valence-electron chi connectivity index (χ3n) is 7.80. The number of aliphatic hydroxyl groups is 2. The van der Waals surface area contributed by atoms with Crippen LogP contribution in [0.3, 0.4) is 0 Å². The van der Waals surface area contributed by atoms with Crippen LogP contribution in [0.4, 0.5) is 26.3 Å². The Labute approximate surface area is 200 Å². The first-order valence-corrected chi connectivity index (χ1v) is 11.1. The molecule has 9 heteroatoms. The molecule has 0 aromatic carbocycles. The van der Waals surface area contributed by atoms with E-state index in [4.69, 9.17) is 8.22 Å². The van der Waals surface area contributed by atoms with Gasteiger partial charge in [0.15, 0.2) is 0 Å². The maximum atomic E-state index is 13.2. The fourth-order valence-corrected chi connectivity index (χ4v) is 6.09. The molecule has 0 aliphatic heterocycles. The minimum absolute atomic E-state index is 0.0341. The molecule has 33 heavy (non-hydrogen) atoms. The molecule has 192 valence electrons. The van der Waals surface area contributed by atoms with Crippen molar-refractivity contribution in [1.82, 2.24) is 0 Å². The lowest BCUT2D eigenvalue weighted by molar-refractivity contribution is -0.347. The van der Waals surface area contributed by atoms with Crippen molar-refractivity contribution in [3.05, 3.63) is 12.2 Å². The molecule has 3 nitrogen and oxygen atoms in total. The second-order valence-electron chi connectivity index (χ2n) is 10.2. The van der Waals surface area contributed by atoms with Crippen LogP contribution in [0.25, 0.3) is 0 Å². The van der Waals surface area contributed by atoms with E-state index in [1.165, 1.54) is 0 Å². The van der Waals surface area contributed by atoms with Gasteiger partial charge in [-0.25, -0.2) is 0 Å². The van der Waals surface area contributed by atoms with Gasteiger partial charge in [0.25, 0.3) is 5.60 Å². The van der Waals surface area contributed by atoms with Gasteiger partial charge in [-0.05, 0) is 81.5 Å². The maximum absolute atomic E-state index is 13.2. The summed E-state index contributed by atoms with van der Waals surface area (Å²) in [6.45, 7) is -3.12. The number of allylic oxidation sites excluding steroid dienone is 1. The lowest BCUT2D eigenvalue weighted by atomic mass is 9.56. The molecule has 0 amide bonds. The molecule has 0 radical (unpaired) electrons. The fourth-order valence-electron chi connectivity index (χ4n) is 6.09. The van der Waals surface area contributed by atoms with Gasteiger partial charge >= 0.3 is 12.4 Å². The topological polar surface area (TPSA) is 57.5 Å². The lowest BCUT2D eigenvalue weighted by Crippen LogP contribution is -2.55. The average Bonchev–Trinajstić information content (AvgIpc) is 3.09. The van der Waals surface area contributed by atoms with Crippen LogP contribution >= 0.6 is 0 Å². The Hall–Kier alpha value is -1.09. The Kier molecular flexibility index (Phi) is 5.60. The van der Waals surface area contributed by atoms with Crippen LogP contribution in [0, 0.1) is 22.7 Å². The van der Waals surface area contributed by atoms with Crippen molar-refractivity contribution in [2.45, 2.75) is 109 Å². The van der Waals surface area contributed by atoms with E-state index in [2.05, 4.69) is 0 Å². The number of alkyl halides is 6. The number of halogens is 6. The van der Waals surface area contributed by atoms with Gasteiger partial charge in [-0.1, -0.05) is 26.3 Å². The molecule has 2 rings (SSSR count). The van der Waals surface area contributed by atoms with Gasteiger partial charge in [0.2, 0.25) is 0 Å². The quantitative estimate of drug-likeness (QED) is 0.300. The Balaban J connectivity index is 2.45. The third-order valence-corrected chi connectivity index (χ3v) is 7.80. The van der Waals surface area contributed by atoms with Crippen LogP contribution in [-0.2, 0) is 4.79 Å². The summed E-state index contributed by atoms with van der Waals surface area (Å²) >= 11 is 0. The summed E-state index contributed by atoms with van der Waals surface area (Å²) < 4.78 is 125. The van der Waals surface area contributed by atoms with Gasteiger partial charge in [0, 0.05) is 20.6 Å². The van der Waals surface area contributed by atoms with Gasteiger partial charge in [-0.3, -0.25) is 4.79 Å². The predicted octanol–water partition coefficient (Wildman–Crippen LogP) is 6.52. The number of carbonyl (C=O) groups is 1. The van der Waals surface area contributed by atoms with E-state index in [0.717, 1.165) is 0 Å². The van der Waals surface area contributed by atoms with E-state index in [0.29, 0.717) is 38.2 Å². The summed E-state index contributed by atoms with van der Waals surface area (Å²) in [4.78, 5) is 12.6. The van der Waals surface area contributed by atoms with Crippen molar-refractivity contribution in [2.75, 3.05) is 0 Å². The van der Waals surface area contributed by atoms with Crippen LogP contribution in [-0.4, -0.2) is 39.6 Å². The zero-order chi connectivity index (χ0) is 30.5. The van der Waals surface area contributed by atoms with Crippen molar-refractivity contribution in [1.29, 1.82) is 0 Å². The maximum Gasteiger partial charge on any atom is 0.429 e. The standard InChI is InChI=1S/C24H36F6O3/c1-19(2,32)11-6-12-20(3,13-7-15-22(33,23(25,26)27)24(28,29)30)18-10-9-16-17(31)8-5-14-21(16,18)4/h7,15-16,18,32-33H,5-6,8-14H2,1-4H3/b15-7-/t16-,18+,20-,21-/m0/s1/i1D3,2D3. The predicted molar refractivity (Wildman–Crippen MR) is 112 cm³/mol. The van der Waals surface area contributed by atoms with Crippen molar-refractivity contribution in [3.8, 4) is 0 Å². The number of hydrogen-bond donors (Lipinski definition) is 2. The number of Topliss-reactive ketones (excluding diaryl/α,β-unsaturated/α-hetero) is 1. The molecule has 0 aromatic heterocycles. The van der Waals surface area contributed by atoms with Crippen LogP contribution in [0.15, 0.2) is 12.2 Å². The highest BCUT2D eigenvalue weighted by Gasteiger charge is 2.69. The normalized spacial score (nSPS) is 32.8. The first-order chi connectivity index (χ1) is 17.3. The van der Waals surface area contributed by atoms with Crippen molar-refractivity contribution >= 4 is 5.78 Å². The molecule has 0 spiro atoms. The van der Waals surface area contributed by atoms with E-state index in [9.17, 15) is 41.4 Å².